The summed E-state index contributed by atoms with van der Waals surface area (Å²) < 4.78 is 28.1. The van der Waals surface area contributed by atoms with Gasteiger partial charge in [0, 0.05) is 5.39 Å². The van der Waals surface area contributed by atoms with E-state index in [2.05, 4.69) is 15.4 Å². The Bertz CT molecular complexity index is 1170. The van der Waals surface area contributed by atoms with E-state index in [1.165, 1.54) is 16.9 Å². The molecule has 0 radical (unpaired) electrons. The van der Waals surface area contributed by atoms with Crippen LogP contribution >= 0.6 is 22.9 Å². The van der Waals surface area contributed by atoms with Crippen molar-refractivity contribution in [3.63, 3.8) is 0 Å². The maximum atomic E-state index is 13.3. The van der Waals surface area contributed by atoms with Crippen LogP contribution in [0.4, 0.5) is 14.5 Å². The molecule has 11 heteroatoms. The molecule has 1 saturated carbocycles. The fourth-order valence-corrected chi connectivity index (χ4v) is 4.55. The van der Waals surface area contributed by atoms with E-state index in [-0.39, 0.29) is 27.0 Å². The zero-order valence-corrected chi connectivity index (χ0v) is 17.7. The Labute approximate surface area is 179 Å². The quantitative estimate of drug-likeness (QED) is 0.570. The maximum absolute atomic E-state index is 13.3. The minimum Gasteiger partial charge on any atom is -0.365 e. The van der Waals surface area contributed by atoms with E-state index in [4.69, 9.17) is 17.3 Å². The van der Waals surface area contributed by atoms with Crippen molar-refractivity contribution in [1.29, 1.82) is 0 Å². The average Bonchev–Trinajstić information content (AvgIpc) is 3.41. The number of carbonyl (C=O) groups is 2. The van der Waals surface area contributed by atoms with Crippen molar-refractivity contribution in [2.75, 3.05) is 5.32 Å². The van der Waals surface area contributed by atoms with Crippen LogP contribution in [0.3, 0.4) is 0 Å². The van der Waals surface area contributed by atoms with Crippen LogP contribution in [-0.4, -0.2) is 26.6 Å². The molecule has 30 heavy (non-hydrogen) atoms. The lowest BCUT2D eigenvalue weighted by atomic mass is 10.0. The van der Waals surface area contributed by atoms with Gasteiger partial charge >= 0.3 is 0 Å². The zero-order valence-electron chi connectivity index (χ0n) is 16.1. The number of halogens is 3. The lowest BCUT2D eigenvalue weighted by Gasteiger charge is -2.15. The van der Waals surface area contributed by atoms with Gasteiger partial charge in [0.05, 0.1) is 22.6 Å². The highest BCUT2D eigenvalue weighted by atomic mass is 35.5. The van der Waals surface area contributed by atoms with Crippen molar-refractivity contribution in [3.8, 4) is 0 Å². The van der Waals surface area contributed by atoms with Gasteiger partial charge in [-0.25, -0.2) is 13.8 Å². The first-order valence-electron chi connectivity index (χ1n) is 9.24. The van der Waals surface area contributed by atoms with Gasteiger partial charge < -0.3 is 11.1 Å². The first-order chi connectivity index (χ1) is 14.2. The summed E-state index contributed by atoms with van der Waals surface area (Å²) in [6, 6.07) is 0.629. The van der Waals surface area contributed by atoms with Crippen molar-refractivity contribution in [2.45, 2.75) is 45.1 Å². The van der Waals surface area contributed by atoms with E-state index in [0.717, 1.165) is 24.2 Å². The molecule has 3 heterocycles. The second-order valence-electron chi connectivity index (χ2n) is 7.25. The Morgan fingerprint density at radius 3 is 2.63 bits per heavy atom. The van der Waals surface area contributed by atoms with Crippen LogP contribution in [0.15, 0.2) is 12.3 Å². The summed E-state index contributed by atoms with van der Waals surface area (Å²) in [6.07, 6.45) is 0.393. The number of thiophene rings is 1. The van der Waals surface area contributed by atoms with Gasteiger partial charge in [-0.2, -0.15) is 5.10 Å². The molecule has 0 aromatic carbocycles. The van der Waals surface area contributed by atoms with Crippen LogP contribution in [0.2, 0.25) is 5.02 Å². The van der Waals surface area contributed by atoms with E-state index in [1.807, 2.05) is 0 Å². The Morgan fingerprint density at radius 1 is 1.40 bits per heavy atom. The summed E-state index contributed by atoms with van der Waals surface area (Å²) in [5, 5.41) is 7.79. The average molecular weight is 454 g/mol. The van der Waals surface area contributed by atoms with E-state index in [9.17, 15) is 18.4 Å². The lowest BCUT2D eigenvalue weighted by Crippen LogP contribution is -2.26. The Morgan fingerprint density at radius 2 is 2.10 bits per heavy atom. The van der Waals surface area contributed by atoms with Crippen LogP contribution in [0.5, 0.6) is 0 Å². The number of alkyl halides is 2. The maximum Gasteiger partial charge on any atom is 0.280 e. The largest absolute Gasteiger partial charge is 0.365 e. The normalized spacial score (nSPS) is 15.0. The molecular formula is C19H18ClF2N5O2S. The predicted molar refractivity (Wildman–Crippen MR) is 110 cm³/mol. The number of nitrogens with two attached hydrogens (primary N) is 1. The topological polar surface area (TPSA) is 103 Å². The van der Waals surface area contributed by atoms with Gasteiger partial charge in [0.1, 0.15) is 21.4 Å². The first kappa shape index (κ1) is 20.7. The monoisotopic (exact) mass is 453 g/mol. The lowest BCUT2D eigenvalue weighted by molar-refractivity contribution is -0.119. The van der Waals surface area contributed by atoms with Crippen LogP contribution in [0.25, 0.3) is 10.2 Å². The van der Waals surface area contributed by atoms with Crippen molar-refractivity contribution in [3.05, 3.63) is 39.1 Å². The second-order valence-corrected chi connectivity index (χ2v) is 8.66. The molecular weight excluding hydrogens is 436 g/mol. The number of hydrogen-bond acceptors (Lipinski definition) is 5. The number of amides is 2. The van der Waals surface area contributed by atoms with Crippen molar-refractivity contribution >= 4 is 50.7 Å². The molecule has 1 aliphatic carbocycles. The molecule has 1 aliphatic rings. The van der Waals surface area contributed by atoms with Crippen molar-refractivity contribution in [2.24, 2.45) is 5.73 Å². The molecule has 0 saturated heterocycles. The summed E-state index contributed by atoms with van der Waals surface area (Å²) in [6.45, 7) is 3.37. The van der Waals surface area contributed by atoms with Gasteiger partial charge in [0.15, 0.2) is 0 Å². The van der Waals surface area contributed by atoms with Crippen LogP contribution < -0.4 is 11.1 Å². The summed E-state index contributed by atoms with van der Waals surface area (Å²) in [4.78, 5) is 29.4. The smallest absolute Gasteiger partial charge is 0.280 e. The summed E-state index contributed by atoms with van der Waals surface area (Å²) >= 11 is 6.93. The number of aromatic nitrogens is 3. The highest BCUT2D eigenvalue weighted by Gasteiger charge is 2.32. The molecule has 0 spiro atoms. The molecule has 0 aliphatic heterocycles. The number of hydrogen-bond donors (Lipinski definition) is 2. The minimum atomic E-state index is -2.74. The molecule has 1 unspecified atom stereocenters. The third-order valence-electron chi connectivity index (χ3n) is 5.16. The van der Waals surface area contributed by atoms with Crippen molar-refractivity contribution < 1.29 is 18.4 Å². The Kier molecular flexibility index (Phi) is 5.23. The fraction of sp³-hybridized carbons (Fsp3) is 0.368. The highest BCUT2D eigenvalue weighted by Crippen LogP contribution is 2.48. The van der Waals surface area contributed by atoms with Crippen LogP contribution in [0.1, 0.15) is 64.8 Å². The molecule has 4 rings (SSSR count). The van der Waals surface area contributed by atoms with Gasteiger partial charge in [-0.05, 0) is 44.2 Å². The molecule has 0 bridgehead atoms. The highest BCUT2D eigenvalue weighted by molar-refractivity contribution is 7.21. The molecule has 2 amide bonds. The molecule has 1 atom stereocenters. The van der Waals surface area contributed by atoms with E-state index < -0.39 is 24.3 Å². The number of nitrogens with one attached hydrogen (secondary N) is 1. The van der Waals surface area contributed by atoms with Gasteiger partial charge in [0.2, 0.25) is 5.91 Å². The van der Waals surface area contributed by atoms with E-state index >= 15 is 0 Å². The number of nitrogens with zero attached hydrogens (tertiary/aromatic N) is 3. The Balaban J connectivity index is 1.81. The molecule has 3 aromatic heterocycles. The number of rotatable bonds is 6. The van der Waals surface area contributed by atoms with Crippen LogP contribution in [-0.2, 0) is 4.79 Å². The molecule has 1 fully saturated rings. The third-order valence-corrected chi connectivity index (χ3v) is 6.63. The van der Waals surface area contributed by atoms with Gasteiger partial charge in [-0.3, -0.25) is 14.3 Å². The SMILES string of the molecule is Cc1c(Cl)cnn1C(C)C(=O)Nc1c(C(N)=O)sc2nc(C(F)F)cc(C3CC3)c12. The molecule has 3 aromatic rings. The summed E-state index contributed by atoms with van der Waals surface area (Å²) in [5.74, 6) is -1.12. The van der Waals surface area contributed by atoms with E-state index in [1.54, 1.807) is 13.8 Å². The van der Waals surface area contributed by atoms with Gasteiger partial charge in [0.25, 0.3) is 12.3 Å². The second kappa shape index (κ2) is 7.59. The number of primary amides is 1. The minimum absolute atomic E-state index is 0.0709. The number of anilines is 1. The molecule has 3 N–H and O–H groups in total. The number of fused-ring (bicyclic) bond motifs is 1. The Hall–Kier alpha value is -2.59. The molecule has 158 valence electrons. The standard InChI is InChI=1S/C19H18ClF2N5O2S/c1-7-11(20)6-24-27(7)8(2)18(29)26-14-13-10(9-3-4-9)5-12(16(21)22)25-19(13)30-15(14)17(23)28/h5-6,8-9,16H,3-4H2,1-2H3,(H2,23,28)(H,26,29). The van der Waals surface area contributed by atoms with E-state index in [0.29, 0.717) is 21.7 Å². The van der Waals surface area contributed by atoms with Crippen LogP contribution in [0, 0.1) is 6.92 Å². The molecule has 7 nitrogen and oxygen atoms in total. The van der Waals surface area contributed by atoms with Crippen molar-refractivity contribution in [1.82, 2.24) is 14.8 Å². The number of carbonyl (C=O) groups excluding carboxylic acids is 2. The number of pyridine rings is 1. The fourth-order valence-electron chi connectivity index (χ4n) is 3.40. The third kappa shape index (κ3) is 3.54. The van der Waals surface area contributed by atoms with Gasteiger partial charge in [-0.15, -0.1) is 11.3 Å². The first-order valence-corrected chi connectivity index (χ1v) is 10.4. The van der Waals surface area contributed by atoms with Gasteiger partial charge in [-0.1, -0.05) is 11.6 Å². The zero-order chi connectivity index (χ0) is 21.7. The predicted octanol–water partition coefficient (Wildman–Crippen LogP) is 4.57. The summed E-state index contributed by atoms with van der Waals surface area (Å²) in [7, 11) is 0. The summed E-state index contributed by atoms with van der Waals surface area (Å²) in [5.41, 5.74) is 6.65.